The highest BCUT2D eigenvalue weighted by atomic mass is 32.1. The normalized spacial score (nSPS) is 14.1. The maximum absolute atomic E-state index is 12.1. The minimum Gasteiger partial charge on any atom is -0.462 e. The van der Waals surface area contributed by atoms with E-state index in [-0.39, 0.29) is 11.9 Å². The maximum Gasteiger partial charge on any atom is 0.341 e. The Morgan fingerprint density at radius 1 is 1.40 bits per heavy atom. The van der Waals surface area contributed by atoms with Crippen molar-refractivity contribution in [3.8, 4) is 0 Å². The van der Waals surface area contributed by atoms with E-state index in [0.29, 0.717) is 22.7 Å². The average molecular weight is 293 g/mol. The summed E-state index contributed by atoms with van der Waals surface area (Å²) in [5.74, 6) is -0.502. The molecule has 0 fully saturated rings. The third-order valence-corrected chi connectivity index (χ3v) is 4.63. The zero-order chi connectivity index (χ0) is 14.7. The fourth-order valence-corrected chi connectivity index (χ4v) is 3.52. The lowest BCUT2D eigenvalue weighted by Gasteiger charge is -2.08. The molecular formula is C15H19NO3S. The molecule has 0 atom stereocenters. The van der Waals surface area contributed by atoms with Crippen molar-refractivity contribution >= 4 is 28.2 Å². The molecule has 108 valence electrons. The summed E-state index contributed by atoms with van der Waals surface area (Å²) in [6.45, 7) is 5.69. The molecule has 1 aromatic heterocycles. The summed E-state index contributed by atoms with van der Waals surface area (Å²) in [4.78, 5) is 25.3. The number of aryl methyl sites for hydroxylation is 1. The Labute approximate surface area is 122 Å². The number of rotatable bonds is 4. The van der Waals surface area contributed by atoms with Crippen molar-refractivity contribution in [1.29, 1.82) is 0 Å². The number of hydrogen-bond donors (Lipinski definition) is 1. The molecule has 0 aliphatic heterocycles. The van der Waals surface area contributed by atoms with Crippen molar-refractivity contribution < 1.29 is 14.3 Å². The van der Waals surface area contributed by atoms with E-state index in [0.717, 1.165) is 24.8 Å². The Morgan fingerprint density at radius 2 is 2.15 bits per heavy atom. The maximum atomic E-state index is 12.1. The smallest absolute Gasteiger partial charge is 0.341 e. The first-order valence-corrected chi connectivity index (χ1v) is 7.66. The minimum absolute atomic E-state index is 0.169. The van der Waals surface area contributed by atoms with Crippen molar-refractivity contribution in [3.05, 3.63) is 27.7 Å². The van der Waals surface area contributed by atoms with E-state index in [1.807, 2.05) is 6.92 Å². The SMILES string of the molecule is C/C=C(\C)C(=O)Nc1sc2c(c1C(=O)OCC)CCC2. The molecule has 1 amide bonds. The number of carbonyl (C=O) groups is 2. The summed E-state index contributed by atoms with van der Waals surface area (Å²) in [6, 6.07) is 0. The average Bonchev–Trinajstić information content (AvgIpc) is 2.97. The summed E-state index contributed by atoms with van der Waals surface area (Å²) in [5, 5.41) is 3.46. The highest BCUT2D eigenvalue weighted by Gasteiger charge is 2.28. The second-order valence-electron chi connectivity index (χ2n) is 4.71. The second-order valence-corrected chi connectivity index (χ2v) is 5.81. The van der Waals surface area contributed by atoms with Gasteiger partial charge in [-0.15, -0.1) is 11.3 Å². The molecule has 5 heteroatoms. The van der Waals surface area contributed by atoms with Gasteiger partial charge in [0.1, 0.15) is 5.00 Å². The van der Waals surface area contributed by atoms with Crippen LogP contribution in [-0.2, 0) is 22.4 Å². The van der Waals surface area contributed by atoms with Gasteiger partial charge in [-0.1, -0.05) is 6.08 Å². The quantitative estimate of drug-likeness (QED) is 0.684. The van der Waals surface area contributed by atoms with Gasteiger partial charge >= 0.3 is 5.97 Å². The zero-order valence-corrected chi connectivity index (χ0v) is 12.9. The minimum atomic E-state index is -0.333. The molecule has 0 unspecified atom stereocenters. The zero-order valence-electron chi connectivity index (χ0n) is 12.0. The Morgan fingerprint density at radius 3 is 2.80 bits per heavy atom. The van der Waals surface area contributed by atoms with Crippen LogP contribution in [0.2, 0.25) is 0 Å². The van der Waals surface area contributed by atoms with Crippen LogP contribution in [0.4, 0.5) is 5.00 Å². The Kier molecular flexibility index (Phi) is 4.60. The van der Waals surface area contributed by atoms with Crippen LogP contribution in [0.1, 0.15) is 48.0 Å². The molecular weight excluding hydrogens is 274 g/mol. The van der Waals surface area contributed by atoms with Gasteiger partial charge in [-0.05, 0) is 45.6 Å². The topological polar surface area (TPSA) is 55.4 Å². The molecule has 1 N–H and O–H groups in total. The van der Waals surface area contributed by atoms with Gasteiger partial charge in [-0.25, -0.2) is 4.79 Å². The monoisotopic (exact) mass is 293 g/mol. The summed E-state index contributed by atoms with van der Waals surface area (Å²) >= 11 is 1.50. The Hall–Kier alpha value is -1.62. The number of amides is 1. The lowest BCUT2D eigenvalue weighted by molar-refractivity contribution is -0.112. The molecule has 0 spiro atoms. The van der Waals surface area contributed by atoms with Crippen LogP contribution < -0.4 is 5.32 Å². The first kappa shape index (κ1) is 14.8. The van der Waals surface area contributed by atoms with E-state index in [1.165, 1.54) is 16.2 Å². The number of ether oxygens (including phenoxy) is 1. The van der Waals surface area contributed by atoms with Crippen molar-refractivity contribution in [3.63, 3.8) is 0 Å². The van der Waals surface area contributed by atoms with Gasteiger partial charge in [0, 0.05) is 10.5 Å². The molecule has 4 nitrogen and oxygen atoms in total. The number of nitrogens with one attached hydrogen (secondary N) is 1. The van der Waals surface area contributed by atoms with Gasteiger partial charge in [0.2, 0.25) is 0 Å². The van der Waals surface area contributed by atoms with E-state index in [1.54, 1.807) is 19.9 Å². The van der Waals surface area contributed by atoms with Gasteiger partial charge in [0.05, 0.1) is 12.2 Å². The molecule has 0 saturated heterocycles. The number of fused-ring (bicyclic) bond motifs is 1. The highest BCUT2D eigenvalue weighted by molar-refractivity contribution is 7.17. The highest BCUT2D eigenvalue weighted by Crippen LogP contribution is 2.39. The summed E-state index contributed by atoms with van der Waals surface area (Å²) in [6.07, 6.45) is 4.68. The van der Waals surface area contributed by atoms with Crippen LogP contribution in [0.5, 0.6) is 0 Å². The van der Waals surface area contributed by atoms with E-state index in [9.17, 15) is 9.59 Å². The van der Waals surface area contributed by atoms with Crippen LogP contribution in [0.25, 0.3) is 0 Å². The van der Waals surface area contributed by atoms with Gasteiger partial charge < -0.3 is 10.1 Å². The fourth-order valence-electron chi connectivity index (χ4n) is 2.24. The summed E-state index contributed by atoms with van der Waals surface area (Å²) < 4.78 is 5.12. The van der Waals surface area contributed by atoms with E-state index >= 15 is 0 Å². The third-order valence-electron chi connectivity index (χ3n) is 3.42. The number of carbonyl (C=O) groups excluding carboxylic acids is 2. The standard InChI is InChI=1S/C15H19NO3S/c1-4-9(3)13(17)16-14-12(15(18)19-5-2)10-7-6-8-11(10)20-14/h4H,5-8H2,1-3H3,(H,16,17)/b9-4+. The van der Waals surface area contributed by atoms with Gasteiger partial charge in [-0.3, -0.25) is 4.79 Å². The van der Waals surface area contributed by atoms with Crippen molar-refractivity contribution in [2.45, 2.75) is 40.0 Å². The van der Waals surface area contributed by atoms with Crippen molar-refractivity contribution in [2.24, 2.45) is 0 Å². The van der Waals surface area contributed by atoms with E-state index < -0.39 is 0 Å². The molecule has 2 rings (SSSR count). The lowest BCUT2D eigenvalue weighted by atomic mass is 10.1. The predicted octanol–water partition coefficient (Wildman–Crippen LogP) is 3.32. The van der Waals surface area contributed by atoms with Crippen LogP contribution in [0, 0.1) is 0 Å². The van der Waals surface area contributed by atoms with E-state index in [4.69, 9.17) is 4.74 Å². The molecule has 1 aliphatic rings. The summed E-state index contributed by atoms with van der Waals surface area (Å²) in [7, 11) is 0. The largest absolute Gasteiger partial charge is 0.462 e. The summed E-state index contributed by atoms with van der Waals surface area (Å²) in [5.41, 5.74) is 2.25. The first-order chi connectivity index (χ1) is 9.58. The number of hydrogen-bond acceptors (Lipinski definition) is 4. The third kappa shape index (κ3) is 2.77. The predicted molar refractivity (Wildman–Crippen MR) is 80.4 cm³/mol. The second kappa shape index (κ2) is 6.22. The van der Waals surface area contributed by atoms with Crippen LogP contribution in [-0.4, -0.2) is 18.5 Å². The van der Waals surface area contributed by atoms with Crippen molar-refractivity contribution in [1.82, 2.24) is 0 Å². The first-order valence-electron chi connectivity index (χ1n) is 6.84. The molecule has 1 aliphatic carbocycles. The number of anilines is 1. The van der Waals surface area contributed by atoms with Gasteiger partial charge in [0.15, 0.2) is 0 Å². The molecule has 20 heavy (non-hydrogen) atoms. The molecule has 0 saturated carbocycles. The number of thiophene rings is 1. The fraction of sp³-hybridized carbons (Fsp3) is 0.467. The molecule has 0 aromatic carbocycles. The molecule has 0 radical (unpaired) electrons. The van der Waals surface area contributed by atoms with Crippen molar-refractivity contribution in [2.75, 3.05) is 11.9 Å². The van der Waals surface area contributed by atoms with Crippen LogP contribution in [0.15, 0.2) is 11.6 Å². The lowest BCUT2D eigenvalue weighted by Crippen LogP contribution is -2.15. The number of esters is 1. The number of allylic oxidation sites excluding steroid dienone is 1. The Bertz CT molecular complexity index is 572. The van der Waals surface area contributed by atoms with Gasteiger partial charge in [-0.2, -0.15) is 0 Å². The Balaban J connectivity index is 2.33. The van der Waals surface area contributed by atoms with Gasteiger partial charge in [0.25, 0.3) is 5.91 Å². The van der Waals surface area contributed by atoms with Crippen LogP contribution >= 0.6 is 11.3 Å². The van der Waals surface area contributed by atoms with Crippen LogP contribution in [0.3, 0.4) is 0 Å². The molecule has 0 bridgehead atoms. The van der Waals surface area contributed by atoms with E-state index in [2.05, 4.69) is 5.32 Å². The molecule has 1 aromatic rings. The molecule has 1 heterocycles.